The minimum Gasteiger partial charge on any atom is -0.320 e. The van der Waals surface area contributed by atoms with Gasteiger partial charge in [0.15, 0.2) is 0 Å². The number of nitrogens with zero attached hydrogens (tertiary/aromatic N) is 4. The molecular weight excluding hydrogens is 322 g/mol. The fourth-order valence-electron chi connectivity index (χ4n) is 3.06. The number of hydrogen-bond donors (Lipinski definition) is 1. The van der Waals surface area contributed by atoms with E-state index in [4.69, 9.17) is 0 Å². The first-order chi connectivity index (χ1) is 12.0. The summed E-state index contributed by atoms with van der Waals surface area (Å²) in [6.07, 6.45) is 2.00. The van der Waals surface area contributed by atoms with Gasteiger partial charge in [-0.25, -0.2) is 10.0 Å². The van der Waals surface area contributed by atoms with Crippen molar-refractivity contribution >= 4 is 29.2 Å². The number of rotatable bonds is 3. The molecule has 3 aliphatic rings. The van der Waals surface area contributed by atoms with Crippen LogP contribution in [0.25, 0.3) is 0 Å². The van der Waals surface area contributed by atoms with Gasteiger partial charge < -0.3 is 9.80 Å². The number of carbonyl (C=O) groups is 3. The van der Waals surface area contributed by atoms with Crippen molar-refractivity contribution < 1.29 is 14.4 Å². The van der Waals surface area contributed by atoms with Gasteiger partial charge in [-0.1, -0.05) is 18.2 Å². The molecule has 130 valence electrons. The standard InChI is InChI=1S/C17H19N5O3/c1-11-16(24)22(13-5-3-2-4-6-13)19-15(18-11)17(25)20-9-14(23)21(10-20)12-7-8-12/h2-6,11-12H,7-10H2,1H3,(H,18,19). The summed E-state index contributed by atoms with van der Waals surface area (Å²) in [5, 5.41) is 1.33. The van der Waals surface area contributed by atoms with Crippen molar-refractivity contribution in [3.8, 4) is 0 Å². The number of benzene rings is 1. The van der Waals surface area contributed by atoms with Crippen LogP contribution in [0.5, 0.6) is 0 Å². The van der Waals surface area contributed by atoms with Crippen LogP contribution in [0.1, 0.15) is 19.8 Å². The Kier molecular flexibility index (Phi) is 3.67. The van der Waals surface area contributed by atoms with Crippen LogP contribution in [0.15, 0.2) is 35.3 Å². The predicted octanol–water partition coefficient (Wildman–Crippen LogP) is 0.116. The summed E-state index contributed by atoms with van der Waals surface area (Å²) in [5.74, 6) is -0.547. The zero-order valence-corrected chi connectivity index (χ0v) is 13.9. The molecule has 0 spiro atoms. The van der Waals surface area contributed by atoms with Gasteiger partial charge in [0.1, 0.15) is 12.6 Å². The largest absolute Gasteiger partial charge is 0.320 e. The van der Waals surface area contributed by atoms with E-state index in [1.54, 1.807) is 24.0 Å². The van der Waals surface area contributed by atoms with Crippen LogP contribution >= 0.6 is 0 Å². The second kappa shape index (κ2) is 5.87. The quantitative estimate of drug-likeness (QED) is 0.846. The van der Waals surface area contributed by atoms with Crippen LogP contribution < -0.4 is 10.4 Å². The molecule has 2 heterocycles. The first-order valence-electron chi connectivity index (χ1n) is 8.37. The number of para-hydroxylation sites is 1. The first kappa shape index (κ1) is 15.6. The van der Waals surface area contributed by atoms with E-state index in [0.717, 1.165) is 12.8 Å². The summed E-state index contributed by atoms with van der Waals surface area (Å²) in [7, 11) is 0. The average Bonchev–Trinajstić information content (AvgIpc) is 3.39. The maximum atomic E-state index is 12.8. The molecule has 3 amide bonds. The highest BCUT2D eigenvalue weighted by Gasteiger charge is 2.42. The Hall–Kier alpha value is -2.90. The smallest absolute Gasteiger partial charge is 0.292 e. The van der Waals surface area contributed by atoms with E-state index in [1.165, 1.54) is 9.91 Å². The van der Waals surface area contributed by atoms with Gasteiger partial charge in [-0.2, -0.15) is 0 Å². The fraction of sp³-hybridized carbons (Fsp3) is 0.412. The Bertz CT molecular complexity index is 759. The van der Waals surface area contributed by atoms with Crippen molar-refractivity contribution in [3.05, 3.63) is 30.3 Å². The molecule has 2 aliphatic heterocycles. The zero-order chi connectivity index (χ0) is 17.6. The van der Waals surface area contributed by atoms with E-state index in [9.17, 15) is 14.4 Å². The number of hydrogen-bond acceptors (Lipinski definition) is 5. The Balaban J connectivity index is 1.53. The zero-order valence-electron chi connectivity index (χ0n) is 13.9. The number of aliphatic imine (C=N–C) groups is 1. The molecule has 0 radical (unpaired) electrons. The lowest BCUT2D eigenvalue weighted by atomic mass is 10.2. The van der Waals surface area contributed by atoms with Crippen molar-refractivity contribution in [2.45, 2.75) is 31.8 Å². The number of amides is 3. The maximum absolute atomic E-state index is 12.8. The molecule has 25 heavy (non-hydrogen) atoms. The second-order valence-corrected chi connectivity index (χ2v) is 6.51. The number of amidine groups is 1. The van der Waals surface area contributed by atoms with E-state index in [-0.39, 0.29) is 42.8 Å². The lowest BCUT2D eigenvalue weighted by Crippen LogP contribution is -2.58. The third kappa shape index (κ3) is 2.84. The highest BCUT2D eigenvalue weighted by atomic mass is 16.2. The molecule has 1 saturated carbocycles. The molecule has 8 nitrogen and oxygen atoms in total. The molecule has 0 aromatic heterocycles. The Labute approximate surface area is 145 Å². The lowest BCUT2D eigenvalue weighted by molar-refractivity contribution is -0.128. The van der Waals surface area contributed by atoms with E-state index in [0.29, 0.717) is 5.69 Å². The van der Waals surface area contributed by atoms with Crippen molar-refractivity contribution in [3.63, 3.8) is 0 Å². The molecule has 8 heteroatoms. The highest BCUT2D eigenvalue weighted by Crippen LogP contribution is 2.29. The molecule has 4 rings (SSSR count). The number of carbonyl (C=O) groups excluding carboxylic acids is 3. The molecular formula is C17H19N5O3. The van der Waals surface area contributed by atoms with E-state index >= 15 is 0 Å². The summed E-state index contributed by atoms with van der Waals surface area (Å²) in [6.45, 7) is 2.00. The van der Waals surface area contributed by atoms with Crippen LogP contribution in [-0.4, -0.2) is 58.7 Å². The van der Waals surface area contributed by atoms with Crippen molar-refractivity contribution in [1.82, 2.24) is 15.2 Å². The van der Waals surface area contributed by atoms with Gasteiger partial charge in [-0.15, -0.1) is 0 Å². The summed E-state index contributed by atoms with van der Waals surface area (Å²) in [5.41, 5.74) is 3.45. The van der Waals surface area contributed by atoms with Crippen LogP contribution in [-0.2, 0) is 14.4 Å². The molecule has 0 bridgehead atoms. The number of anilines is 1. The van der Waals surface area contributed by atoms with Gasteiger partial charge in [0.25, 0.3) is 11.8 Å². The van der Waals surface area contributed by atoms with Gasteiger partial charge in [-0.05, 0) is 31.9 Å². The number of hydrazine groups is 1. The van der Waals surface area contributed by atoms with Gasteiger partial charge >= 0.3 is 0 Å². The fourth-order valence-corrected chi connectivity index (χ4v) is 3.06. The predicted molar refractivity (Wildman–Crippen MR) is 90.4 cm³/mol. The van der Waals surface area contributed by atoms with Crippen LogP contribution in [0.4, 0.5) is 5.69 Å². The van der Waals surface area contributed by atoms with Gasteiger partial charge in [0, 0.05) is 6.04 Å². The van der Waals surface area contributed by atoms with E-state index in [1.807, 2.05) is 18.2 Å². The Morgan fingerprint density at radius 1 is 1.20 bits per heavy atom. The number of nitrogens with one attached hydrogen (secondary N) is 1. The molecule has 1 N–H and O–H groups in total. The average molecular weight is 341 g/mol. The van der Waals surface area contributed by atoms with Crippen LogP contribution in [0.3, 0.4) is 0 Å². The topological polar surface area (TPSA) is 85.3 Å². The highest BCUT2D eigenvalue weighted by molar-refractivity contribution is 6.39. The molecule has 1 atom stereocenters. The van der Waals surface area contributed by atoms with Gasteiger partial charge in [-0.3, -0.25) is 19.8 Å². The van der Waals surface area contributed by atoms with E-state index in [2.05, 4.69) is 10.4 Å². The molecule has 1 aromatic rings. The third-order valence-electron chi connectivity index (χ3n) is 4.58. The SMILES string of the molecule is CC1N=C(C(=O)N2CC(=O)N(C3CC3)C2)NN(c2ccccc2)C1=O. The van der Waals surface area contributed by atoms with E-state index < -0.39 is 6.04 Å². The van der Waals surface area contributed by atoms with Gasteiger partial charge in [0.05, 0.1) is 12.4 Å². The summed E-state index contributed by atoms with van der Waals surface area (Å²) < 4.78 is 0. The van der Waals surface area contributed by atoms with Crippen LogP contribution in [0.2, 0.25) is 0 Å². The Morgan fingerprint density at radius 3 is 2.60 bits per heavy atom. The van der Waals surface area contributed by atoms with Crippen molar-refractivity contribution in [2.75, 3.05) is 18.2 Å². The third-order valence-corrected chi connectivity index (χ3v) is 4.58. The maximum Gasteiger partial charge on any atom is 0.292 e. The van der Waals surface area contributed by atoms with Crippen LogP contribution in [0, 0.1) is 0 Å². The lowest BCUT2D eigenvalue weighted by Gasteiger charge is -2.31. The molecule has 2 fully saturated rings. The Morgan fingerprint density at radius 2 is 1.92 bits per heavy atom. The summed E-state index contributed by atoms with van der Waals surface area (Å²) >= 11 is 0. The second-order valence-electron chi connectivity index (χ2n) is 6.51. The van der Waals surface area contributed by atoms with Gasteiger partial charge in [0.2, 0.25) is 11.7 Å². The molecule has 1 aromatic carbocycles. The molecule has 1 saturated heterocycles. The van der Waals surface area contributed by atoms with Crippen molar-refractivity contribution in [2.24, 2.45) is 4.99 Å². The monoisotopic (exact) mass is 341 g/mol. The molecule has 1 aliphatic carbocycles. The first-order valence-corrected chi connectivity index (χ1v) is 8.37. The summed E-state index contributed by atoms with van der Waals surface area (Å²) in [4.78, 5) is 44.6. The minimum atomic E-state index is -0.668. The molecule has 1 unspecified atom stereocenters. The minimum absolute atomic E-state index is 0.0312. The normalized spacial score (nSPS) is 23.6. The summed E-state index contributed by atoms with van der Waals surface area (Å²) in [6, 6.07) is 8.64. The van der Waals surface area contributed by atoms with Crippen molar-refractivity contribution in [1.29, 1.82) is 0 Å².